The topological polar surface area (TPSA) is 49.8 Å². The first-order chi connectivity index (χ1) is 7.88. The third-order valence-corrected chi connectivity index (χ3v) is 3.32. The van der Waals surface area contributed by atoms with Crippen LogP contribution in [0.2, 0.25) is 0 Å². The van der Waals surface area contributed by atoms with Gasteiger partial charge < -0.3 is 10.6 Å². The summed E-state index contributed by atoms with van der Waals surface area (Å²) in [5.74, 6) is 0.923. The van der Waals surface area contributed by atoms with Gasteiger partial charge in [0.2, 0.25) is 0 Å². The van der Waals surface area contributed by atoms with Crippen LogP contribution in [0.15, 0.2) is 17.4 Å². The summed E-state index contributed by atoms with van der Waals surface area (Å²) in [6.45, 7) is 2.09. The lowest BCUT2D eigenvalue weighted by Gasteiger charge is -2.23. The van der Waals surface area contributed by atoms with Gasteiger partial charge in [-0.05, 0) is 31.7 Å². The van der Waals surface area contributed by atoms with Gasteiger partial charge in [-0.25, -0.2) is 9.97 Å². The molecule has 1 aromatic heterocycles. The lowest BCUT2D eigenvalue weighted by Crippen LogP contribution is -2.39. The van der Waals surface area contributed by atoms with Gasteiger partial charge in [-0.2, -0.15) is 0 Å². The fourth-order valence-electron chi connectivity index (χ4n) is 1.86. The zero-order valence-electron chi connectivity index (χ0n) is 9.98. The summed E-state index contributed by atoms with van der Waals surface area (Å²) in [5, 5.41) is 7.69. The van der Waals surface area contributed by atoms with Crippen molar-refractivity contribution in [2.75, 3.05) is 24.7 Å². The van der Waals surface area contributed by atoms with Crippen LogP contribution in [0.25, 0.3) is 0 Å². The zero-order chi connectivity index (χ0) is 11.2. The monoisotopic (exact) mass is 274 g/mol. The molecule has 0 aromatic carbocycles. The van der Waals surface area contributed by atoms with Crippen molar-refractivity contribution in [3.8, 4) is 0 Å². The second kappa shape index (κ2) is 7.74. The summed E-state index contributed by atoms with van der Waals surface area (Å²) in [6.07, 6.45) is 7.69. The van der Waals surface area contributed by atoms with Gasteiger partial charge in [0.05, 0.1) is 0 Å². The Morgan fingerprint density at radius 1 is 1.53 bits per heavy atom. The number of aromatic nitrogens is 2. The third kappa shape index (κ3) is 4.69. The SMILES string of the molecule is CSc1nccc(NCC2CCCCN2)n1.Cl. The molecule has 0 aliphatic carbocycles. The van der Waals surface area contributed by atoms with E-state index in [0.29, 0.717) is 6.04 Å². The summed E-state index contributed by atoms with van der Waals surface area (Å²) in [7, 11) is 0. The van der Waals surface area contributed by atoms with Gasteiger partial charge >= 0.3 is 0 Å². The summed E-state index contributed by atoms with van der Waals surface area (Å²) < 4.78 is 0. The first-order valence-corrected chi connectivity index (χ1v) is 6.95. The molecule has 17 heavy (non-hydrogen) atoms. The Hall–Kier alpha value is -0.520. The standard InChI is InChI=1S/C11H18N4S.ClH/c1-16-11-13-7-5-10(15-11)14-8-9-4-2-3-6-12-9;/h5,7,9,12H,2-4,6,8H2,1H3,(H,13,14,15);1H. The number of thioether (sulfide) groups is 1. The lowest BCUT2D eigenvalue weighted by atomic mass is 10.1. The van der Waals surface area contributed by atoms with E-state index in [1.165, 1.54) is 19.3 Å². The molecule has 1 aliphatic rings. The van der Waals surface area contributed by atoms with E-state index in [4.69, 9.17) is 0 Å². The van der Waals surface area contributed by atoms with Crippen LogP contribution in [0.4, 0.5) is 5.82 Å². The van der Waals surface area contributed by atoms with E-state index in [1.807, 2.05) is 12.3 Å². The fraction of sp³-hybridized carbons (Fsp3) is 0.636. The van der Waals surface area contributed by atoms with Crippen molar-refractivity contribution in [3.05, 3.63) is 12.3 Å². The Bertz CT molecular complexity index is 331. The normalized spacial score (nSPS) is 19.5. The molecule has 1 saturated heterocycles. The van der Waals surface area contributed by atoms with Crippen molar-refractivity contribution in [3.63, 3.8) is 0 Å². The minimum Gasteiger partial charge on any atom is -0.368 e. The van der Waals surface area contributed by atoms with E-state index in [0.717, 1.165) is 24.1 Å². The molecule has 2 N–H and O–H groups in total. The van der Waals surface area contributed by atoms with Gasteiger partial charge in [-0.1, -0.05) is 18.2 Å². The number of anilines is 1. The lowest BCUT2D eigenvalue weighted by molar-refractivity contribution is 0.414. The van der Waals surface area contributed by atoms with E-state index in [-0.39, 0.29) is 12.4 Å². The van der Waals surface area contributed by atoms with Gasteiger partial charge in [-0.15, -0.1) is 12.4 Å². The summed E-state index contributed by atoms with van der Waals surface area (Å²) >= 11 is 1.57. The van der Waals surface area contributed by atoms with Crippen molar-refractivity contribution in [2.45, 2.75) is 30.5 Å². The second-order valence-corrected chi connectivity index (χ2v) is 4.73. The summed E-state index contributed by atoms with van der Waals surface area (Å²) in [4.78, 5) is 8.54. The fourth-order valence-corrected chi connectivity index (χ4v) is 2.22. The molecule has 1 fully saturated rings. The maximum Gasteiger partial charge on any atom is 0.189 e. The quantitative estimate of drug-likeness (QED) is 0.651. The van der Waals surface area contributed by atoms with Crippen LogP contribution >= 0.6 is 24.2 Å². The van der Waals surface area contributed by atoms with Crippen LogP contribution in [0.5, 0.6) is 0 Å². The minimum absolute atomic E-state index is 0. The number of halogens is 1. The smallest absolute Gasteiger partial charge is 0.189 e. The molecule has 4 nitrogen and oxygen atoms in total. The first kappa shape index (κ1) is 14.5. The van der Waals surface area contributed by atoms with Crippen molar-refractivity contribution >= 4 is 30.0 Å². The summed E-state index contributed by atoms with van der Waals surface area (Å²) in [6, 6.07) is 2.50. The molecule has 6 heteroatoms. The largest absolute Gasteiger partial charge is 0.368 e. The highest BCUT2D eigenvalue weighted by molar-refractivity contribution is 7.98. The van der Waals surface area contributed by atoms with E-state index in [9.17, 15) is 0 Å². The number of piperidine rings is 1. The number of hydrogen-bond acceptors (Lipinski definition) is 5. The average molecular weight is 275 g/mol. The second-order valence-electron chi connectivity index (χ2n) is 3.96. The maximum atomic E-state index is 4.39. The molecule has 1 atom stereocenters. The summed E-state index contributed by atoms with van der Waals surface area (Å²) in [5.41, 5.74) is 0. The molecule has 0 radical (unpaired) electrons. The average Bonchev–Trinajstić information content (AvgIpc) is 2.38. The molecule has 2 heterocycles. The predicted octanol–water partition coefficient (Wildman–Crippen LogP) is 2.17. The van der Waals surface area contributed by atoms with Crippen molar-refractivity contribution in [1.82, 2.24) is 15.3 Å². The van der Waals surface area contributed by atoms with Gasteiger partial charge in [0.1, 0.15) is 5.82 Å². The number of hydrogen-bond donors (Lipinski definition) is 2. The molecule has 0 bridgehead atoms. The molecule has 1 unspecified atom stereocenters. The Balaban J connectivity index is 0.00000144. The Morgan fingerprint density at radius 2 is 2.41 bits per heavy atom. The van der Waals surface area contributed by atoms with Gasteiger partial charge in [0.15, 0.2) is 5.16 Å². The van der Waals surface area contributed by atoms with E-state index < -0.39 is 0 Å². The van der Waals surface area contributed by atoms with E-state index in [1.54, 1.807) is 18.0 Å². The third-order valence-electron chi connectivity index (χ3n) is 2.76. The van der Waals surface area contributed by atoms with Crippen molar-refractivity contribution < 1.29 is 0 Å². The molecule has 0 spiro atoms. The first-order valence-electron chi connectivity index (χ1n) is 5.73. The van der Waals surface area contributed by atoms with Gasteiger partial charge in [0, 0.05) is 18.8 Å². The Kier molecular flexibility index (Phi) is 6.62. The Morgan fingerprint density at radius 3 is 3.12 bits per heavy atom. The molecule has 0 saturated carbocycles. The minimum atomic E-state index is 0. The number of rotatable bonds is 4. The molecule has 1 aromatic rings. The van der Waals surface area contributed by atoms with E-state index in [2.05, 4.69) is 20.6 Å². The van der Waals surface area contributed by atoms with Crippen LogP contribution < -0.4 is 10.6 Å². The highest BCUT2D eigenvalue weighted by Gasteiger charge is 2.11. The Labute approximate surface area is 113 Å². The number of nitrogens with zero attached hydrogens (tertiary/aromatic N) is 2. The maximum absolute atomic E-state index is 4.39. The highest BCUT2D eigenvalue weighted by atomic mass is 35.5. The molecule has 0 amide bonds. The molecular formula is C11H19ClN4S. The molecule has 2 rings (SSSR count). The van der Waals surface area contributed by atoms with Crippen LogP contribution in [0.3, 0.4) is 0 Å². The van der Waals surface area contributed by atoms with E-state index >= 15 is 0 Å². The van der Waals surface area contributed by atoms with Gasteiger partial charge in [-0.3, -0.25) is 0 Å². The van der Waals surface area contributed by atoms with Gasteiger partial charge in [0.25, 0.3) is 0 Å². The zero-order valence-corrected chi connectivity index (χ0v) is 11.6. The molecular weight excluding hydrogens is 256 g/mol. The van der Waals surface area contributed by atoms with Crippen molar-refractivity contribution in [1.29, 1.82) is 0 Å². The molecule has 96 valence electrons. The highest BCUT2D eigenvalue weighted by Crippen LogP contribution is 2.12. The van der Waals surface area contributed by atoms with Crippen molar-refractivity contribution in [2.24, 2.45) is 0 Å². The predicted molar refractivity (Wildman–Crippen MR) is 75.2 cm³/mol. The van der Waals surface area contributed by atoms with Crippen LogP contribution in [-0.4, -0.2) is 35.4 Å². The van der Waals surface area contributed by atoms with Crippen LogP contribution in [0, 0.1) is 0 Å². The number of nitrogens with one attached hydrogen (secondary N) is 2. The molecule has 1 aliphatic heterocycles. The van der Waals surface area contributed by atoms with Crippen LogP contribution in [0.1, 0.15) is 19.3 Å². The van der Waals surface area contributed by atoms with Crippen LogP contribution in [-0.2, 0) is 0 Å².